The Morgan fingerprint density at radius 3 is 2.64 bits per heavy atom. The lowest BCUT2D eigenvalue weighted by atomic mass is 9.72. The van der Waals surface area contributed by atoms with Gasteiger partial charge >= 0.3 is 0 Å². The highest BCUT2D eigenvalue weighted by Gasteiger charge is 2.35. The third-order valence-corrected chi connectivity index (χ3v) is 3.67. The zero-order valence-corrected chi connectivity index (χ0v) is 9.88. The number of rotatable bonds is 2. The van der Waals surface area contributed by atoms with Gasteiger partial charge in [-0.05, 0) is 38.1 Å². The molecule has 80 valence electrons. The first-order valence-corrected chi connectivity index (χ1v) is 5.58. The van der Waals surface area contributed by atoms with Gasteiger partial charge in [-0.1, -0.05) is 13.8 Å². The van der Waals surface area contributed by atoms with E-state index in [-0.39, 0.29) is 0 Å². The SMILES string of the molecule is CC(C)N1CCC(C)(C)C(CC#N)C1. The number of nitrogens with zero attached hydrogens (tertiary/aromatic N) is 2. The molecule has 1 fully saturated rings. The molecule has 0 spiro atoms. The highest BCUT2D eigenvalue weighted by molar-refractivity contribution is 4.92. The second-order valence-electron chi connectivity index (χ2n) is 5.39. The maximum absolute atomic E-state index is 8.81. The first-order valence-electron chi connectivity index (χ1n) is 5.58. The third kappa shape index (κ3) is 2.48. The van der Waals surface area contributed by atoms with Crippen molar-refractivity contribution in [1.29, 1.82) is 5.26 Å². The lowest BCUT2D eigenvalue weighted by Crippen LogP contribution is -2.47. The van der Waals surface area contributed by atoms with Gasteiger partial charge in [0.05, 0.1) is 6.07 Å². The molecular formula is C12H22N2. The molecule has 0 bridgehead atoms. The molecule has 0 amide bonds. The van der Waals surface area contributed by atoms with E-state index in [9.17, 15) is 0 Å². The topological polar surface area (TPSA) is 27.0 Å². The monoisotopic (exact) mass is 194 g/mol. The van der Waals surface area contributed by atoms with Gasteiger partial charge in [0.25, 0.3) is 0 Å². The van der Waals surface area contributed by atoms with Crippen molar-refractivity contribution in [3.63, 3.8) is 0 Å². The van der Waals surface area contributed by atoms with Crippen LogP contribution in [0.2, 0.25) is 0 Å². The van der Waals surface area contributed by atoms with Gasteiger partial charge in [0.15, 0.2) is 0 Å². The molecule has 0 aliphatic carbocycles. The first-order chi connectivity index (χ1) is 6.47. The van der Waals surface area contributed by atoms with Gasteiger partial charge in [0.2, 0.25) is 0 Å². The Morgan fingerprint density at radius 2 is 2.14 bits per heavy atom. The van der Waals surface area contributed by atoms with Gasteiger partial charge in [-0.3, -0.25) is 0 Å². The largest absolute Gasteiger partial charge is 0.301 e. The predicted octanol–water partition coefficient (Wildman–Crippen LogP) is 2.66. The van der Waals surface area contributed by atoms with E-state index in [4.69, 9.17) is 5.26 Å². The van der Waals surface area contributed by atoms with Crippen molar-refractivity contribution in [2.45, 2.75) is 46.6 Å². The predicted molar refractivity (Wildman–Crippen MR) is 58.8 cm³/mol. The molecule has 0 aromatic carbocycles. The van der Waals surface area contributed by atoms with Gasteiger partial charge in [0.1, 0.15) is 0 Å². The summed E-state index contributed by atoms with van der Waals surface area (Å²) in [4.78, 5) is 2.49. The van der Waals surface area contributed by atoms with E-state index in [1.165, 1.54) is 13.0 Å². The minimum Gasteiger partial charge on any atom is -0.301 e. The Morgan fingerprint density at radius 1 is 1.50 bits per heavy atom. The number of nitriles is 1. The Hall–Kier alpha value is -0.550. The summed E-state index contributed by atoms with van der Waals surface area (Å²) < 4.78 is 0. The summed E-state index contributed by atoms with van der Waals surface area (Å²) in [6.07, 6.45) is 1.92. The van der Waals surface area contributed by atoms with Crippen molar-refractivity contribution in [2.75, 3.05) is 13.1 Å². The zero-order chi connectivity index (χ0) is 10.8. The zero-order valence-electron chi connectivity index (χ0n) is 9.88. The molecule has 2 heteroatoms. The van der Waals surface area contributed by atoms with Crippen LogP contribution in [-0.2, 0) is 0 Å². The van der Waals surface area contributed by atoms with Crippen LogP contribution in [0, 0.1) is 22.7 Å². The minimum absolute atomic E-state index is 0.348. The lowest BCUT2D eigenvalue weighted by Gasteiger charge is -2.44. The van der Waals surface area contributed by atoms with Gasteiger partial charge < -0.3 is 4.90 Å². The van der Waals surface area contributed by atoms with Crippen molar-refractivity contribution in [3.05, 3.63) is 0 Å². The van der Waals surface area contributed by atoms with Crippen LogP contribution in [-0.4, -0.2) is 24.0 Å². The van der Waals surface area contributed by atoms with Crippen molar-refractivity contribution < 1.29 is 0 Å². The fourth-order valence-electron chi connectivity index (χ4n) is 2.18. The molecular weight excluding hydrogens is 172 g/mol. The molecule has 1 aliphatic rings. The molecule has 1 aliphatic heterocycles. The average molecular weight is 194 g/mol. The van der Waals surface area contributed by atoms with Gasteiger partial charge in [0, 0.05) is 19.0 Å². The smallest absolute Gasteiger partial charge is 0.0625 e. The van der Waals surface area contributed by atoms with Crippen molar-refractivity contribution in [3.8, 4) is 6.07 Å². The molecule has 0 radical (unpaired) electrons. The first kappa shape index (κ1) is 11.5. The van der Waals surface area contributed by atoms with Crippen molar-refractivity contribution >= 4 is 0 Å². The quantitative estimate of drug-likeness (QED) is 0.675. The number of hydrogen-bond acceptors (Lipinski definition) is 2. The van der Waals surface area contributed by atoms with E-state index >= 15 is 0 Å². The molecule has 1 unspecified atom stereocenters. The summed E-state index contributed by atoms with van der Waals surface area (Å²) in [5.41, 5.74) is 0.348. The summed E-state index contributed by atoms with van der Waals surface area (Å²) in [5, 5.41) is 8.81. The van der Waals surface area contributed by atoms with E-state index in [1.54, 1.807) is 0 Å². The molecule has 1 saturated heterocycles. The van der Waals surface area contributed by atoms with Gasteiger partial charge in [-0.2, -0.15) is 5.26 Å². The normalized spacial score (nSPS) is 27.6. The van der Waals surface area contributed by atoms with E-state index in [0.717, 1.165) is 6.54 Å². The molecule has 2 nitrogen and oxygen atoms in total. The van der Waals surface area contributed by atoms with E-state index in [1.807, 2.05) is 0 Å². The van der Waals surface area contributed by atoms with Crippen LogP contribution in [0.15, 0.2) is 0 Å². The highest BCUT2D eigenvalue weighted by Crippen LogP contribution is 2.37. The molecule has 14 heavy (non-hydrogen) atoms. The van der Waals surface area contributed by atoms with Crippen LogP contribution in [0.3, 0.4) is 0 Å². The number of likely N-dealkylation sites (tertiary alicyclic amines) is 1. The summed E-state index contributed by atoms with van der Waals surface area (Å²) in [7, 11) is 0. The molecule has 1 atom stereocenters. The standard InChI is InChI=1S/C12H22N2/c1-10(2)14-8-6-12(3,4)11(9-14)5-7-13/h10-11H,5-6,8-9H2,1-4H3. The second kappa shape index (κ2) is 4.31. The number of hydrogen-bond donors (Lipinski definition) is 0. The van der Waals surface area contributed by atoms with E-state index in [0.29, 0.717) is 23.8 Å². The Bertz CT molecular complexity index is 225. The maximum Gasteiger partial charge on any atom is 0.0625 e. The van der Waals surface area contributed by atoms with Crippen LogP contribution in [0.4, 0.5) is 0 Å². The maximum atomic E-state index is 8.81. The Kier molecular flexibility index (Phi) is 3.55. The van der Waals surface area contributed by atoms with Crippen LogP contribution in [0.5, 0.6) is 0 Å². The van der Waals surface area contributed by atoms with Crippen LogP contribution >= 0.6 is 0 Å². The average Bonchev–Trinajstić information content (AvgIpc) is 2.08. The fraction of sp³-hybridized carbons (Fsp3) is 0.917. The van der Waals surface area contributed by atoms with Crippen LogP contribution < -0.4 is 0 Å². The Labute approximate surface area is 87.9 Å². The molecule has 0 aromatic rings. The van der Waals surface area contributed by atoms with E-state index < -0.39 is 0 Å². The highest BCUT2D eigenvalue weighted by atomic mass is 15.2. The van der Waals surface area contributed by atoms with E-state index in [2.05, 4.69) is 38.7 Å². The second-order valence-corrected chi connectivity index (χ2v) is 5.39. The van der Waals surface area contributed by atoms with Gasteiger partial charge in [-0.15, -0.1) is 0 Å². The summed E-state index contributed by atoms with van der Waals surface area (Å²) in [6, 6.07) is 2.94. The third-order valence-electron chi connectivity index (χ3n) is 3.67. The van der Waals surface area contributed by atoms with Crippen LogP contribution in [0.25, 0.3) is 0 Å². The van der Waals surface area contributed by atoms with Crippen molar-refractivity contribution in [1.82, 2.24) is 4.90 Å². The molecule has 1 rings (SSSR count). The molecule has 0 N–H and O–H groups in total. The lowest BCUT2D eigenvalue weighted by molar-refractivity contribution is 0.0449. The summed E-state index contributed by atoms with van der Waals surface area (Å²) >= 11 is 0. The summed E-state index contributed by atoms with van der Waals surface area (Å²) in [5.74, 6) is 0.545. The molecule has 0 saturated carbocycles. The van der Waals surface area contributed by atoms with Crippen LogP contribution in [0.1, 0.15) is 40.5 Å². The fourth-order valence-corrected chi connectivity index (χ4v) is 2.18. The molecule has 1 heterocycles. The minimum atomic E-state index is 0.348. The van der Waals surface area contributed by atoms with Crippen molar-refractivity contribution in [2.24, 2.45) is 11.3 Å². The van der Waals surface area contributed by atoms with Gasteiger partial charge in [-0.25, -0.2) is 0 Å². The number of piperidine rings is 1. The summed E-state index contributed by atoms with van der Waals surface area (Å²) in [6.45, 7) is 11.4. The molecule has 0 aromatic heterocycles. The Balaban J connectivity index is 2.63.